The topological polar surface area (TPSA) is 29.5 Å². The number of halogens is 1. The number of carbonyl (C=O) groups excluding carboxylic acids is 1. The van der Waals surface area contributed by atoms with E-state index >= 15 is 0 Å². The Hall–Kier alpha value is -1.42. The Morgan fingerprint density at radius 3 is 2.94 bits per heavy atom. The average molecular weight is 251 g/mol. The first kappa shape index (κ1) is 13.0. The highest BCUT2D eigenvalue weighted by atomic mass is 19.1. The summed E-state index contributed by atoms with van der Waals surface area (Å²) in [4.78, 5) is 14.0. The molecule has 1 saturated heterocycles. The van der Waals surface area contributed by atoms with Crippen molar-refractivity contribution in [2.45, 2.75) is 25.9 Å². The van der Waals surface area contributed by atoms with Gasteiger partial charge in [-0.25, -0.2) is 4.39 Å². The van der Waals surface area contributed by atoms with Crippen molar-refractivity contribution in [3.05, 3.63) is 35.1 Å². The molecule has 1 aromatic rings. The third-order valence-electron chi connectivity index (χ3n) is 3.42. The van der Waals surface area contributed by atoms with Crippen LogP contribution in [0.15, 0.2) is 18.2 Å². The summed E-state index contributed by atoms with van der Waals surface area (Å²) in [6, 6.07) is 4.63. The van der Waals surface area contributed by atoms with Crippen molar-refractivity contribution in [2.75, 3.05) is 20.2 Å². The van der Waals surface area contributed by atoms with Crippen LogP contribution in [0.1, 0.15) is 28.8 Å². The standard InChI is InChI=1S/C14H18FNO2/c1-10-5-6-11(8-13(10)15)14(17)16-7-3-4-12(9-16)18-2/h5-6,8,12H,3-4,7,9H2,1-2H3. The molecule has 2 rings (SSSR count). The van der Waals surface area contributed by atoms with Gasteiger partial charge in [0.25, 0.3) is 5.91 Å². The molecule has 1 unspecified atom stereocenters. The number of carbonyl (C=O) groups is 1. The minimum atomic E-state index is -0.332. The van der Waals surface area contributed by atoms with Crippen LogP contribution in [-0.2, 0) is 4.74 Å². The lowest BCUT2D eigenvalue weighted by atomic mass is 10.1. The zero-order chi connectivity index (χ0) is 13.1. The number of aryl methyl sites for hydroxylation is 1. The third kappa shape index (κ3) is 2.70. The molecule has 18 heavy (non-hydrogen) atoms. The predicted molar refractivity (Wildman–Crippen MR) is 67.1 cm³/mol. The van der Waals surface area contributed by atoms with Crippen molar-refractivity contribution in [1.29, 1.82) is 0 Å². The van der Waals surface area contributed by atoms with Crippen LogP contribution < -0.4 is 0 Å². The molecule has 98 valence electrons. The summed E-state index contributed by atoms with van der Waals surface area (Å²) < 4.78 is 18.7. The van der Waals surface area contributed by atoms with Gasteiger partial charge in [-0.05, 0) is 37.5 Å². The first-order valence-corrected chi connectivity index (χ1v) is 6.20. The quantitative estimate of drug-likeness (QED) is 0.807. The molecule has 1 fully saturated rings. The number of piperidine rings is 1. The van der Waals surface area contributed by atoms with E-state index in [9.17, 15) is 9.18 Å². The van der Waals surface area contributed by atoms with Crippen LogP contribution in [0, 0.1) is 12.7 Å². The highest BCUT2D eigenvalue weighted by molar-refractivity contribution is 5.94. The summed E-state index contributed by atoms with van der Waals surface area (Å²) >= 11 is 0. The van der Waals surface area contributed by atoms with Gasteiger partial charge in [0.05, 0.1) is 6.10 Å². The summed E-state index contributed by atoms with van der Waals surface area (Å²) in [6.45, 7) is 2.99. The fraction of sp³-hybridized carbons (Fsp3) is 0.500. The minimum Gasteiger partial charge on any atom is -0.380 e. The van der Waals surface area contributed by atoms with Crippen LogP contribution in [0.4, 0.5) is 4.39 Å². The molecule has 1 heterocycles. The second kappa shape index (κ2) is 5.48. The fourth-order valence-electron chi connectivity index (χ4n) is 2.22. The lowest BCUT2D eigenvalue weighted by Crippen LogP contribution is -2.42. The second-order valence-corrected chi connectivity index (χ2v) is 4.72. The molecule has 1 atom stereocenters. The van der Waals surface area contributed by atoms with E-state index in [0.717, 1.165) is 12.8 Å². The van der Waals surface area contributed by atoms with E-state index in [-0.39, 0.29) is 17.8 Å². The van der Waals surface area contributed by atoms with Gasteiger partial charge in [0, 0.05) is 25.8 Å². The van der Waals surface area contributed by atoms with Crippen molar-refractivity contribution in [2.24, 2.45) is 0 Å². The van der Waals surface area contributed by atoms with Gasteiger partial charge in [0.2, 0.25) is 0 Å². The van der Waals surface area contributed by atoms with Crippen molar-refractivity contribution < 1.29 is 13.9 Å². The van der Waals surface area contributed by atoms with Crippen LogP contribution in [-0.4, -0.2) is 37.1 Å². The average Bonchev–Trinajstić information content (AvgIpc) is 2.41. The van der Waals surface area contributed by atoms with Gasteiger partial charge < -0.3 is 9.64 Å². The van der Waals surface area contributed by atoms with Crippen LogP contribution >= 0.6 is 0 Å². The maximum absolute atomic E-state index is 13.5. The van der Waals surface area contributed by atoms with Crippen molar-refractivity contribution in [3.8, 4) is 0 Å². The zero-order valence-electron chi connectivity index (χ0n) is 10.8. The van der Waals surface area contributed by atoms with Gasteiger partial charge in [-0.3, -0.25) is 4.79 Å². The van der Waals surface area contributed by atoms with E-state index in [0.29, 0.717) is 24.2 Å². The number of rotatable bonds is 2. The molecular formula is C14H18FNO2. The Morgan fingerprint density at radius 2 is 2.28 bits per heavy atom. The molecule has 0 aromatic heterocycles. The van der Waals surface area contributed by atoms with E-state index in [1.165, 1.54) is 6.07 Å². The van der Waals surface area contributed by atoms with Crippen molar-refractivity contribution in [1.82, 2.24) is 4.90 Å². The highest BCUT2D eigenvalue weighted by Gasteiger charge is 2.24. The van der Waals surface area contributed by atoms with E-state index < -0.39 is 0 Å². The van der Waals surface area contributed by atoms with Gasteiger partial charge in [0.15, 0.2) is 0 Å². The molecule has 0 spiro atoms. The second-order valence-electron chi connectivity index (χ2n) is 4.72. The molecule has 1 aliphatic rings. The lowest BCUT2D eigenvalue weighted by molar-refractivity contribution is 0.0268. The Morgan fingerprint density at radius 1 is 1.50 bits per heavy atom. The molecule has 1 aromatic carbocycles. The van der Waals surface area contributed by atoms with Crippen molar-refractivity contribution >= 4 is 5.91 Å². The molecule has 0 bridgehead atoms. The Bertz CT molecular complexity index is 447. The Balaban J connectivity index is 2.12. The Kier molecular flexibility index (Phi) is 3.97. The predicted octanol–water partition coefficient (Wildman–Crippen LogP) is 2.39. The number of amides is 1. The van der Waals surface area contributed by atoms with Gasteiger partial charge in [0.1, 0.15) is 5.82 Å². The van der Waals surface area contributed by atoms with E-state index in [1.54, 1.807) is 31.1 Å². The number of benzene rings is 1. The summed E-state index contributed by atoms with van der Waals surface area (Å²) in [6.07, 6.45) is 2.00. The fourth-order valence-corrected chi connectivity index (χ4v) is 2.22. The van der Waals surface area contributed by atoms with Crippen LogP contribution in [0.3, 0.4) is 0 Å². The minimum absolute atomic E-state index is 0.0954. The first-order chi connectivity index (χ1) is 8.61. The van der Waals surface area contributed by atoms with E-state index in [4.69, 9.17) is 4.74 Å². The summed E-state index contributed by atoms with van der Waals surface area (Å²) in [7, 11) is 1.66. The Labute approximate surface area is 107 Å². The number of hydrogen-bond acceptors (Lipinski definition) is 2. The monoisotopic (exact) mass is 251 g/mol. The van der Waals surface area contributed by atoms with Gasteiger partial charge in [-0.2, -0.15) is 0 Å². The molecule has 3 nitrogen and oxygen atoms in total. The molecule has 0 radical (unpaired) electrons. The van der Waals surface area contributed by atoms with Crippen LogP contribution in [0.25, 0.3) is 0 Å². The maximum Gasteiger partial charge on any atom is 0.254 e. The van der Waals surface area contributed by atoms with Crippen LogP contribution in [0.2, 0.25) is 0 Å². The smallest absolute Gasteiger partial charge is 0.254 e. The van der Waals surface area contributed by atoms with Crippen LogP contribution in [0.5, 0.6) is 0 Å². The summed E-state index contributed by atoms with van der Waals surface area (Å²) in [5.41, 5.74) is 0.967. The number of hydrogen-bond donors (Lipinski definition) is 0. The normalized spacial score (nSPS) is 19.9. The number of likely N-dealkylation sites (tertiary alicyclic amines) is 1. The number of nitrogens with zero attached hydrogens (tertiary/aromatic N) is 1. The maximum atomic E-state index is 13.5. The molecule has 0 saturated carbocycles. The highest BCUT2D eigenvalue weighted by Crippen LogP contribution is 2.17. The molecule has 1 amide bonds. The lowest BCUT2D eigenvalue weighted by Gasteiger charge is -2.32. The van der Waals surface area contributed by atoms with Crippen molar-refractivity contribution in [3.63, 3.8) is 0 Å². The first-order valence-electron chi connectivity index (χ1n) is 6.20. The molecule has 1 aliphatic heterocycles. The molecular weight excluding hydrogens is 233 g/mol. The van der Waals surface area contributed by atoms with Gasteiger partial charge in [-0.1, -0.05) is 6.07 Å². The third-order valence-corrected chi connectivity index (χ3v) is 3.42. The summed E-state index contributed by atoms with van der Waals surface area (Å²) in [5.74, 6) is -0.447. The molecule has 4 heteroatoms. The molecule has 0 aliphatic carbocycles. The van der Waals surface area contributed by atoms with Gasteiger partial charge in [-0.15, -0.1) is 0 Å². The SMILES string of the molecule is COC1CCCN(C(=O)c2ccc(C)c(F)c2)C1. The zero-order valence-corrected chi connectivity index (χ0v) is 10.8. The number of methoxy groups -OCH3 is 1. The van der Waals surface area contributed by atoms with Gasteiger partial charge >= 0.3 is 0 Å². The molecule has 0 N–H and O–H groups in total. The van der Waals surface area contributed by atoms with E-state index in [2.05, 4.69) is 0 Å². The number of ether oxygens (including phenoxy) is 1. The summed E-state index contributed by atoms with van der Waals surface area (Å²) in [5, 5.41) is 0. The van der Waals surface area contributed by atoms with E-state index in [1.807, 2.05) is 0 Å². The largest absolute Gasteiger partial charge is 0.380 e.